The van der Waals surface area contributed by atoms with Gasteiger partial charge in [0.15, 0.2) is 0 Å². The summed E-state index contributed by atoms with van der Waals surface area (Å²) in [6.45, 7) is 2.22. The van der Waals surface area contributed by atoms with Gasteiger partial charge < -0.3 is 5.32 Å². The second-order valence-electron chi connectivity index (χ2n) is 2.18. The van der Waals surface area contributed by atoms with Crippen LogP contribution in [0.1, 0.15) is 19.8 Å². The van der Waals surface area contributed by atoms with E-state index in [1.165, 1.54) is 19.2 Å². The van der Waals surface area contributed by atoms with E-state index in [2.05, 4.69) is 20.1 Å². The molecule has 0 spiro atoms. The highest BCUT2D eigenvalue weighted by molar-refractivity contribution is 6.08. The maximum absolute atomic E-state index is 3.25. The van der Waals surface area contributed by atoms with E-state index >= 15 is 0 Å². The normalized spacial score (nSPS) is 13.8. The Kier molecular flexibility index (Phi) is 5.18. The Morgan fingerprint density at radius 1 is 1.62 bits per heavy atom. The summed E-state index contributed by atoms with van der Waals surface area (Å²) in [7, 11) is 4.25. The van der Waals surface area contributed by atoms with Crippen LogP contribution in [0, 0.1) is 0 Å². The molecule has 2 heteroatoms. The van der Waals surface area contributed by atoms with Gasteiger partial charge >= 0.3 is 0 Å². The fourth-order valence-corrected chi connectivity index (χ4v) is 0.901. The lowest BCUT2D eigenvalue weighted by Gasteiger charge is -2.10. The lowest BCUT2D eigenvalue weighted by atomic mass is 9.94. The van der Waals surface area contributed by atoms with E-state index in [0.717, 1.165) is 6.04 Å². The molecule has 0 bridgehead atoms. The van der Waals surface area contributed by atoms with E-state index in [1.54, 1.807) is 0 Å². The first-order chi connectivity index (χ1) is 3.85. The fraction of sp³-hybridized carbons (Fsp3) is 1.00. The summed E-state index contributed by atoms with van der Waals surface area (Å²) in [4.78, 5) is 0. The van der Waals surface area contributed by atoms with Gasteiger partial charge in [-0.05, 0) is 19.5 Å². The number of nitrogens with one attached hydrogen (secondary N) is 1. The second-order valence-corrected chi connectivity index (χ2v) is 2.18. The molecule has 0 aromatic rings. The third kappa shape index (κ3) is 3.08. The summed E-state index contributed by atoms with van der Waals surface area (Å²) < 4.78 is 0. The van der Waals surface area contributed by atoms with Gasteiger partial charge in [-0.1, -0.05) is 19.7 Å². The van der Waals surface area contributed by atoms with Crippen molar-refractivity contribution in [1.82, 2.24) is 5.32 Å². The maximum Gasteiger partial charge on any atom is 0.103 e. The van der Waals surface area contributed by atoms with Crippen molar-refractivity contribution in [2.75, 3.05) is 7.05 Å². The highest BCUT2D eigenvalue weighted by atomic mass is 14.9. The molecule has 1 atom stereocenters. The molecule has 0 unspecified atom stereocenters. The maximum atomic E-state index is 3.25. The molecule has 0 saturated heterocycles. The zero-order valence-electron chi connectivity index (χ0n) is 6.20. The lowest BCUT2D eigenvalue weighted by molar-refractivity contribution is 0.557. The van der Waals surface area contributed by atoms with E-state index < -0.39 is 0 Å². The molecular formula is C6H16BN. The van der Waals surface area contributed by atoms with Gasteiger partial charge in [-0.15, -0.1) is 0 Å². The summed E-state index contributed by atoms with van der Waals surface area (Å²) >= 11 is 0. The van der Waals surface area contributed by atoms with Crippen molar-refractivity contribution in [1.29, 1.82) is 0 Å². The number of hydrogen-bond acceptors (Lipinski definition) is 1. The largest absolute Gasteiger partial charge is 0.318 e. The van der Waals surface area contributed by atoms with Crippen LogP contribution in [0.4, 0.5) is 0 Å². The van der Waals surface area contributed by atoms with Crippen molar-refractivity contribution in [3.63, 3.8) is 0 Å². The van der Waals surface area contributed by atoms with Gasteiger partial charge in [-0.2, -0.15) is 0 Å². The van der Waals surface area contributed by atoms with Crippen LogP contribution in [-0.2, 0) is 0 Å². The summed E-state index contributed by atoms with van der Waals surface area (Å²) in [5.41, 5.74) is 0. The van der Waals surface area contributed by atoms with E-state index in [1.807, 2.05) is 7.05 Å². The average molecular weight is 113 g/mol. The van der Waals surface area contributed by atoms with E-state index in [-0.39, 0.29) is 0 Å². The van der Waals surface area contributed by atoms with Crippen molar-refractivity contribution in [2.45, 2.75) is 32.1 Å². The van der Waals surface area contributed by atoms with Gasteiger partial charge in [0.1, 0.15) is 7.85 Å². The molecular weight excluding hydrogens is 96.9 g/mol. The number of rotatable bonds is 4. The Bertz CT molecular complexity index is 43.8. The molecule has 0 saturated carbocycles. The van der Waals surface area contributed by atoms with Crippen LogP contribution in [0.2, 0.25) is 6.32 Å². The topological polar surface area (TPSA) is 12.0 Å². The standard InChI is InChI=1S/C6H16BN/c1-3-4-6(5-7)8-2/h6,8H,3-5,7H2,1-2H3/t6-/m1/s1. The predicted octanol–water partition coefficient (Wildman–Crippen LogP) is 0.426. The monoisotopic (exact) mass is 113 g/mol. The Hall–Kier alpha value is 0.0249. The van der Waals surface area contributed by atoms with Crippen LogP contribution in [0.25, 0.3) is 0 Å². The SMILES string of the molecule is BC[C@@H](CCC)NC. The highest BCUT2D eigenvalue weighted by Gasteiger charge is 1.97. The molecule has 0 aromatic carbocycles. The first-order valence-electron chi connectivity index (χ1n) is 3.52. The van der Waals surface area contributed by atoms with Crippen LogP contribution in [-0.4, -0.2) is 20.9 Å². The van der Waals surface area contributed by atoms with Gasteiger partial charge in [-0.3, -0.25) is 0 Å². The fourth-order valence-electron chi connectivity index (χ4n) is 0.901. The van der Waals surface area contributed by atoms with Crippen molar-refractivity contribution >= 4 is 7.85 Å². The van der Waals surface area contributed by atoms with E-state index in [4.69, 9.17) is 0 Å². The van der Waals surface area contributed by atoms with Gasteiger partial charge in [0, 0.05) is 0 Å². The lowest BCUT2D eigenvalue weighted by Crippen LogP contribution is -2.23. The molecule has 0 aliphatic carbocycles. The quantitative estimate of drug-likeness (QED) is 0.521. The second kappa shape index (κ2) is 5.17. The third-order valence-corrected chi connectivity index (χ3v) is 1.54. The minimum Gasteiger partial charge on any atom is -0.318 e. The van der Waals surface area contributed by atoms with E-state index in [0.29, 0.717) is 0 Å². The Morgan fingerprint density at radius 2 is 2.25 bits per heavy atom. The van der Waals surface area contributed by atoms with Gasteiger partial charge in [0.05, 0.1) is 0 Å². The summed E-state index contributed by atoms with van der Waals surface area (Å²) in [6, 6.07) is 0.750. The van der Waals surface area contributed by atoms with Gasteiger partial charge in [0.2, 0.25) is 0 Å². The van der Waals surface area contributed by atoms with Gasteiger partial charge in [-0.25, -0.2) is 0 Å². The van der Waals surface area contributed by atoms with Crippen LogP contribution < -0.4 is 5.32 Å². The summed E-state index contributed by atoms with van der Waals surface area (Å²) in [6.07, 6.45) is 3.86. The molecule has 1 nitrogen and oxygen atoms in total. The van der Waals surface area contributed by atoms with Crippen molar-refractivity contribution in [3.05, 3.63) is 0 Å². The molecule has 0 aliphatic rings. The summed E-state index contributed by atoms with van der Waals surface area (Å²) in [5.74, 6) is 0. The molecule has 0 heterocycles. The van der Waals surface area contributed by atoms with Crippen molar-refractivity contribution in [2.24, 2.45) is 0 Å². The van der Waals surface area contributed by atoms with Crippen LogP contribution >= 0.6 is 0 Å². The minimum atomic E-state index is 0.750. The van der Waals surface area contributed by atoms with Crippen LogP contribution in [0.15, 0.2) is 0 Å². The molecule has 0 aliphatic heterocycles. The van der Waals surface area contributed by atoms with Crippen molar-refractivity contribution < 1.29 is 0 Å². The molecule has 48 valence electrons. The van der Waals surface area contributed by atoms with Crippen LogP contribution in [0.3, 0.4) is 0 Å². The molecule has 0 aromatic heterocycles. The Labute approximate surface area is 53.3 Å². The first-order valence-corrected chi connectivity index (χ1v) is 3.52. The van der Waals surface area contributed by atoms with Crippen LogP contribution in [0.5, 0.6) is 0 Å². The molecule has 1 N–H and O–H groups in total. The molecule has 0 rings (SSSR count). The molecule has 8 heavy (non-hydrogen) atoms. The highest BCUT2D eigenvalue weighted by Crippen LogP contribution is 1.97. The number of hydrogen-bond donors (Lipinski definition) is 1. The molecule has 0 fully saturated rings. The van der Waals surface area contributed by atoms with Crippen molar-refractivity contribution in [3.8, 4) is 0 Å². The zero-order chi connectivity index (χ0) is 6.41. The smallest absolute Gasteiger partial charge is 0.103 e. The zero-order valence-corrected chi connectivity index (χ0v) is 6.20. The third-order valence-electron chi connectivity index (χ3n) is 1.54. The Balaban J connectivity index is 3.07. The van der Waals surface area contributed by atoms with E-state index in [9.17, 15) is 0 Å². The minimum absolute atomic E-state index is 0.750. The predicted molar refractivity (Wildman–Crippen MR) is 41.1 cm³/mol. The average Bonchev–Trinajstić information content (AvgIpc) is 1.83. The Morgan fingerprint density at radius 3 is 2.38 bits per heavy atom. The summed E-state index contributed by atoms with van der Waals surface area (Å²) in [5, 5.41) is 3.25. The first kappa shape index (κ1) is 8.02. The molecule has 0 radical (unpaired) electrons. The molecule has 0 amide bonds. The van der Waals surface area contributed by atoms with Gasteiger partial charge in [0.25, 0.3) is 0 Å².